The largest absolute Gasteiger partial charge is 0.465 e. The monoisotopic (exact) mass is 288 g/mol. The van der Waals surface area contributed by atoms with Gasteiger partial charge in [0.25, 0.3) is 0 Å². The number of nitrogens with one attached hydrogen (secondary N) is 1. The van der Waals surface area contributed by atoms with E-state index in [0.29, 0.717) is 6.61 Å². The quantitative estimate of drug-likeness (QED) is 0.842. The molecule has 1 atom stereocenters. The zero-order chi connectivity index (χ0) is 14.7. The van der Waals surface area contributed by atoms with E-state index in [2.05, 4.69) is 34.5 Å². The molecule has 0 aromatic heterocycles. The lowest BCUT2D eigenvalue weighted by Gasteiger charge is -2.33. The Kier molecular flexibility index (Phi) is 4.56. The van der Waals surface area contributed by atoms with Crippen LogP contribution in [-0.2, 0) is 9.53 Å². The van der Waals surface area contributed by atoms with E-state index in [-0.39, 0.29) is 12.0 Å². The molecule has 114 valence electrons. The van der Waals surface area contributed by atoms with Gasteiger partial charge in [0.05, 0.1) is 6.61 Å². The van der Waals surface area contributed by atoms with Crippen LogP contribution in [0.1, 0.15) is 42.9 Å². The van der Waals surface area contributed by atoms with E-state index in [4.69, 9.17) is 4.74 Å². The van der Waals surface area contributed by atoms with Crippen LogP contribution in [0.2, 0.25) is 0 Å². The second-order valence-corrected chi connectivity index (χ2v) is 5.88. The minimum Gasteiger partial charge on any atom is -0.465 e. The first-order valence-corrected chi connectivity index (χ1v) is 8.01. The van der Waals surface area contributed by atoms with Crippen molar-refractivity contribution in [3.8, 4) is 0 Å². The molecule has 1 aromatic rings. The summed E-state index contributed by atoms with van der Waals surface area (Å²) in [5.74, 6) is 0.623. The third kappa shape index (κ3) is 3.44. The van der Waals surface area contributed by atoms with Gasteiger partial charge < -0.3 is 10.1 Å². The molecule has 1 saturated carbocycles. The molecule has 21 heavy (non-hydrogen) atoms. The third-order valence-corrected chi connectivity index (χ3v) is 4.33. The van der Waals surface area contributed by atoms with Crippen LogP contribution in [0.5, 0.6) is 0 Å². The van der Waals surface area contributed by atoms with Crippen LogP contribution in [0.4, 0.5) is 0 Å². The molecule has 1 N–H and O–H groups in total. The zero-order valence-electron chi connectivity index (χ0n) is 12.7. The number of piperazine rings is 1. The van der Waals surface area contributed by atoms with Crippen LogP contribution in [0.15, 0.2) is 24.3 Å². The summed E-state index contributed by atoms with van der Waals surface area (Å²) in [6.45, 7) is 5.92. The van der Waals surface area contributed by atoms with Gasteiger partial charge in [0.2, 0.25) is 0 Å². The second kappa shape index (κ2) is 6.58. The second-order valence-electron chi connectivity index (χ2n) is 5.88. The van der Waals surface area contributed by atoms with E-state index in [1.54, 1.807) is 0 Å². The van der Waals surface area contributed by atoms with Crippen LogP contribution in [-0.4, -0.2) is 43.7 Å². The normalized spacial score (nSPS) is 21.0. The summed E-state index contributed by atoms with van der Waals surface area (Å²) in [5.41, 5.74) is 2.46. The maximum absolute atomic E-state index is 12.4. The molecule has 1 heterocycles. The lowest BCUT2D eigenvalue weighted by Crippen LogP contribution is -2.47. The number of hydrogen-bond donors (Lipinski definition) is 1. The number of nitrogens with zero attached hydrogens (tertiary/aromatic N) is 1. The molecule has 1 aromatic carbocycles. The highest BCUT2D eigenvalue weighted by atomic mass is 16.5. The number of carbonyl (C=O) groups is 1. The van der Waals surface area contributed by atoms with Gasteiger partial charge in [-0.1, -0.05) is 24.3 Å². The summed E-state index contributed by atoms with van der Waals surface area (Å²) in [5, 5.41) is 3.33. The molecule has 1 unspecified atom stereocenters. The van der Waals surface area contributed by atoms with Crippen molar-refractivity contribution in [3.05, 3.63) is 35.4 Å². The molecule has 1 aliphatic carbocycles. The fourth-order valence-electron chi connectivity index (χ4n) is 3.02. The number of rotatable bonds is 5. The number of carbonyl (C=O) groups excluding carboxylic acids is 1. The van der Waals surface area contributed by atoms with E-state index in [1.165, 1.54) is 18.4 Å². The Hall–Kier alpha value is -1.39. The van der Waals surface area contributed by atoms with Crippen molar-refractivity contribution < 1.29 is 9.53 Å². The van der Waals surface area contributed by atoms with Gasteiger partial charge in [-0.25, -0.2) is 4.79 Å². The van der Waals surface area contributed by atoms with Gasteiger partial charge in [-0.15, -0.1) is 0 Å². The highest BCUT2D eigenvalue weighted by Crippen LogP contribution is 2.40. The van der Waals surface area contributed by atoms with E-state index in [1.807, 2.05) is 6.92 Å². The minimum absolute atomic E-state index is 0.126. The average Bonchev–Trinajstić information content (AvgIpc) is 3.34. The molecule has 3 rings (SSSR count). The summed E-state index contributed by atoms with van der Waals surface area (Å²) in [7, 11) is 0. The summed E-state index contributed by atoms with van der Waals surface area (Å²) in [6, 6.07) is 8.32. The Labute approximate surface area is 126 Å². The Morgan fingerprint density at radius 3 is 2.52 bits per heavy atom. The topological polar surface area (TPSA) is 41.6 Å². The smallest absolute Gasteiger partial charge is 0.328 e. The van der Waals surface area contributed by atoms with Crippen molar-refractivity contribution in [3.63, 3.8) is 0 Å². The molecule has 0 bridgehead atoms. The summed E-state index contributed by atoms with van der Waals surface area (Å²) < 4.78 is 5.30. The molecule has 0 radical (unpaired) electrons. The number of benzene rings is 1. The fraction of sp³-hybridized carbons (Fsp3) is 0.588. The molecular weight excluding hydrogens is 264 g/mol. The first-order chi connectivity index (χ1) is 10.3. The number of ether oxygens (including phenoxy) is 1. The van der Waals surface area contributed by atoms with Gasteiger partial charge in [0.15, 0.2) is 0 Å². The molecule has 0 spiro atoms. The SMILES string of the molecule is CCOC(=O)C(c1ccc(C2CC2)cc1)N1CCNCC1. The standard InChI is InChI=1S/C17H24N2O2/c1-2-21-17(20)16(19-11-9-18-10-12-19)15-7-5-14(6-8-15)13-3-4-13/h5-8,13,16,18H,2-4,9-12H2,1H3. The third-order valence-electron chi connectivity index (χ3n) is 4.33. The minimum atomic E-state index is -0.264. The lowest BCUT2D eigenvalue weighted by molar-refractivity contribution is -0.150. The Morgan fingerprint density at radius 2 is 1.95 bits per heavy atom. The van der Waals surface area contributed by atoms with Gasteiger partial charge in [0, 0.05) is 26.2 Å². The molecule has 1 aliphatic heterocycles. The van der Waals surface area contributed by atoms with E-state index >= 15 is 0 Å². The van der Waals surface area contributed by atoms with Crippen molar-refractivity contribution in [2.45, 2.75) is 31.7 Å². The van der Waals surface area contributed by atoms with Gasteiger partial charge in [-0.2, -0.15) is 0 Å². The van der Waals surface area contributed by atoms with Gasteiger partial charge >= 0.3 is 5.97 Å². The highest BCUT2D eigenvalue weighted by molar-refractivity contribution is 5.77. The fourth-order valence-corrected chi connectivity index (χ4v) is 3.02. The Morgan fingerprint density at radius 1 is 1.29 bits per heavy atom. The van der Waals surface area contributed by atoms with E-state index in [9.17, 15) is 4.79 Å². The average molecular weight is 288 g/mol. The lowest BCUT2D eigenvalue weighted by atomic mass is 10.0. The van der Waals surface area contributed by atoms with Crippen LogP contribution >= 0.6 is 0 Å². The Balaban J connectivity index is 1.80. The van der Waals surface area contributed by atoms with Gasteiger partial charge in [-0.05, 0) is 36.8 Å². The molecule has 0 amide bonds. The molecule has 2 fully saturated rings. The van der Waals surface area contributed by atoms with Crippen molar-refractivity contribution in [2.24, 2.45) is 0 Å². The van der Waals surface area contributed by atoms with Crippen molar-refractivity contribution in [1.82, 2.24) is 10.2 Å². The van der Waals surface area contributed by atoms with Gasteiger partial charge in [-0.3, -0.25) is 4.90 Å². The first-order valence-electron chi connectivity index (χ1n) is 8.01. The van der Waals surface area contributed by atoms with Crippen LogP contribution in [0.3, 0.4) is 0 Å². The summed E-state index contributed by atoms with van der Waals surface area (Å²) >= 11 is 0. The van der Waals surface area contributed by atoms with Crippen LogP contribution < -0.4 is 5.32 Å². The van der Waals surface area contributed by atoms with Crippen LogP contribution in [0, 0.1) is 0 Å². The van der Waals surface area contributed by atoms with Crippen molar-refractivity contribution in [2.75, 3.05) is 32.8 Å². The molecule has 4 heteroatoms. The predicted octanol–water partition coefficient (Wildman–Crippen LogP) is 2.07. The van der Waals surface area contributed by atoms with Gasteiger partial charge in [0.1, 0.15) is 6.04 Å². The van der Waals surface area contributed by atoms with Crippen molar-refractivity contribution in [1.29, 1.82) is 0 Å². The maximum Gasteiger partial charge on any atom is 0.328 e. The number of esters is 1. The highest BCUT2D eigenvalue weighted by Gasteiger charge is 2.30. The van der Waals surface area contributed by atoms with E-state index < -0.39 is 0 Å². The first kappa shape index (κ1) is 14.5. The van der Waals surface area contributed by atoms with Crippen molar-refractivity contribution >= 4 is 5.97 Å². The number of hydrogen-bond acceptors (Lipinski definition) is 4. The zero-order valence-corrected chi connectivity index (χ0v) is 12.7. The Bertz CT molecular complexity index is 476. The summed E-state index contributed by atoms with van der Waals surface area (Å²) in [6.07, 6.45) is 2.61. The van der Waals surface area contributed by atoms with E-state index in [0.717, 1.165) is 37.7 Å². The predicted molar refractivity (Wildman–Crippen MR) is 82.2 cm³/mol. The maximum atomic E-state index is 12.4. The summed E-state index contributed by atoms with van der Waals surface area (Å²) in [4.78, 5) is 14.6. The van der Waals surface area contributed by atoms with Crippen LogP contribution in [0.25, 0.3) is 0 Å². The molecule has 4 nitrogen and oxygen atoms in total. The molecule has 2 aliphatic rings. The molecular formula is C17H24N2O2. The molecule has 1 saturated heterocycles.